The maximum atomic E-state index is 13.7. The molecule has 0 spiro atoms. The third kappa shape index (κ3) is 5.24. The minimum Gasteiger partial charge on any atom is -0.313 e. The van der Waals surface area contributed by atoms with Crippen LogP contribution < -0.4 is 4.90 Å². The van der Waals surface area contributed by atoms with Crippen LogP contribution in [-0.4, -0.2) is 30.3 Å². The Kier molecular flexibility index (Phi) is 6.97. The van der Waals surface area contributed by atoms with Crippen LogP contribution in [0.3, 0.4) is 0 Å². The molecule has 3 aromatic carbocycles. The van der Waals surface area contributed by atoms with Crippen molar-refractivity contribution in [1.82, 2.24) is 4.90 Å². The maximum Gasteiger partial charge on any atom is 0.324 e. The fraction of sp³-hybridized carbons (Fsp3) is 0.290. The monoisotopic (exact) mass is 498 g/mol. The molecule has 0 radical (unpaired) electrons. The number of amides is 2. The van der Waals surface area contributed by atoms with Crippen molar-refractivity contribution in [3.05, 3.63) is 105 Å². The zero-order chi connectivity index (χ0) is 25.2. The number of anilines is 1. The van der Waals surface area contributed by atoms with E-state index < -0.39 is 0 Å². The molecule has 36 heavy (non-hydrogen) atoms. The Bertz CT molecular complexity index is 1340. The van der Waals surface area contributed by atoms with Crippen LogP contribution >= 0.6 is 11.6 Å². The molecule has 0 saturated carbocycles. The van der Waals surface area contributed by atoms with Gasteiger partial charge in [0.05, 0.1) is 6.54 Å². The average molecular weight is 499 g/mol. The molecule has 2 bridgehead atoms. The van der Waals surface area contributed by atoms with Crippen molar-refractivity contribution in [2.45, 2.75) is 45.6 Å². The molecule has 5 rings (SSSR count). The standard InChI is InChI=1S/C31H31ClN2O2/c1-21-14-22-6-5-8-25-17-24-7-3-4-9-29(24)30(25)18-28(35)20-34(19-23(15-21)16-22)31(36)33(2)27-12-10-26(32)11-13-27/h3-4,7,9-16H,5-6,8,17-20H2,1-2H3. The lowest BCUT2D eigenvalue weighted by atomic mass is 9.96. The minimum absolute atomic E-state index is 0.0594. The summed E-state index contributed by atoms with van der Waals surface area (Å²) in [6.45, 7) is 2.55. The van der Waals surface area contributed by atoms with Gasteiger partial charge in [-0.05, 0) is 84.7 Å². The van der Waals surface area contributed by atoms with Gasteiger partial charge >= 0.3 is 6.03 Å². The summed E-state index contributed by atoms with van der Waals surface area (Å²) in [6, 6.07) is 21.9. The van der Waals surface area contributed by atoms with E-state index in [9.17, 15) is 9.59 Å². The number of rotatable bonds is 1. The molecule has 4 nitrogen and oxygen atoms in total. The van der Waals surface area contributed by atoms with Gasteiger partial charge in [-0.3, -0.25) is 9.69 Å². The molecule has 3 aromatic rings. The Morgan fingerprint density at radius 2 is 1.67 bits per heavy atom. The van der Waals surface area contributed by atoms with E-state index >= 15 is 0 Å². The fourth-order valence-corrected chi connectivity index (χ4v) is 5.64. The molecule has 2 aliphatic rings. The van der Waals surface area contributed by atoms with E-state index in [1.165, 1.54) is 27.8 Å². The molecule has 1 heterocycles. The number of hydrogen-bond donors (Lipinski definition) is 0. The van der Waals surface area contributed by atoms with E-state index in [4.69, 9.17) is 11.6 Å². The van der Waals surface area contributed by atoms with Gasteiger partial charge in [-0.25, -0.2) is 4.79 Å². The number of ketones is 1. The summed E-state index contributed by atoms with van der Waals surface area (Å²) in [7, 11) is 1.74. The zero-order valence-electron chi connectivity index (χ0n) is 20.9. The number of aryl methyl sites for hydroxylation is 2. The summed E-state index contributed by atoms with van der Waals surface area (Å²) >= 11 is 6.05. The summed E-state index contributed by atoms with van der Waals surface area (Å²) in [6.07, 6.45) is 4.29. The fourth-order valence-electron chi connectivity index (χ4n) is 5.51. The number of halogens is 1. The highest BCUT2D eigenvalue weighted by atomic mass is 35.5. The second-order valence-corrected chi connectivity index (χ2v) is 10.4. The van der Waals surface area contributed by atoms with E-state index in [1.54, 1.807) is 29.0 Å². The largest absolute Gasteiger partial charge is 0.324 e. The van der Waals surface area contributed by atoms with Crippen LogP contribution in [0.2, 0.25) is 5.02 Å². The summed E-state index contributed by atoms with van der Waals surface area (Å²) in [4.78, 5) is 30.4. The van der Waals surface area contributed by atoms with Crippen molar-refractivity contribution in [3.8, 4) is 0 Å². The number of carbonyl (C=O) groups excluding carboxylic acids is 2. The van der Waals surface area contributed by atoms with Crippen LogP contribution in [0, 0.1) is 6.92 Å². The topological polar surface area (TPSA) is 40.6 Å². The van der Waals surface area contributed by atoms with Crippen molar-refractivity contribution in [2.24, 2.45) is 0 Å². The highest BCUT2D eigenvalue weighted by Crippen LogP contribution is 2.37. The van der Waals surface area contributed by atoms with E-state index in [0.29, 0.717) is 18.0 Å². The lowest BCUT2D eigenvalue weighted by Gasteiger charge is -2.28. The van der Waals surface area contributed by atoms with Gasteiger partial charge in [-0.15, -0.1) is 0 Å². The van der Waals surface area contributed by atoms with Crippen LogP contribution in [0.4, 0.5) is 10.5 Å². The molecular formula is C31H31ClN2O2. The van der Waals surface area contributed by atoms with Crippen molar-refractivity contribution in [2.75, 3.05) is 18.5 Å². The average Bonchev–Trinajstić information content (AvgIpc) is 3.19. The van der Waals surface area contributed by atoms with E-state index in [2.05, 4.69) is 43.3 Å². The summed E-state index contributed by atoms with van der Waals surface area (Å²) in [5.74, 6) is 0.0594. The molecule has 0 atom stereocenters. The predicted molar refractivity (Wildman–Crippen MR) is 146 cm³/mol. The zero-order valence-corrected chi connectivity index (χ0v) is 21.6. The number of fused-ring (bicyclic) bond motifs is 4. The molecule has 2 amide bonds. The second-order valence-electron chi connectivity index (χ2n) is 9.99. The first-order valence-corrected chi connectivity index (χ1v) is 12.9. The molecule has 0 N–H and O–H groups in total. The first kappa shape index (κ1) is 24.3. The summed E-state index contributed by atoms with van der Waals surface area (Å²) in [5, 5.41) is 0.616. The molecule has 0 aromatic heterocycles. The van der Waals surface area contributed by atoms with Gasteiger partial charge in [-0.1, -0.05) is 65.2 Å². The molecule has 0 fully saturated rings. The van der Waals surface area contributed by atoms with Crippen molar-refractivity contribution in [1.29, 1.82) is 0 Å². The highest BCUT2D eigenvalue weighted by Gasteiger charge is 2.27. The summed E-state index contributed by atoms with van der Waals surface area (Å²) in [5.41, 5.74) is 9.28. The highest BCUT2D eigenvalue weighted by molar-refractivity contribution is 6.30. The smallest absolute Gasteiger partial charge is 0.313 e. The van der Waals surface area contributed by atoms with Gasteiger partial charge in [0, 0.05) is 30.7 Å². The number of hydrogen-bond acceptors (Lipinski definition) is 2. The van der Waals surface area contributed by atoms with Crippen molar-refractivity contribution in [3.63, 3.8) is 0 Å². The third-order valence-corrected chi connectivity index (χ3v) is 7.45. The first-order valence-electron chi connectivity index (χ1n) is 12.6. The normalized spacial score (nSPS) is 16.0. The van der Waals surface area contributed by atoms with E-state index in [1.807, 2.05) is 18.2 Å². The van der Waals surface area contributed by atoms with E-state index in [-0.39, 0.29) is 18.4 Å². The second kappa shape index (κ2) is 10.3. The predicted octanol–water partition coefficient (Wildman–Crippen LogP) is 7.01. The minimum atomic E-state index is -0.204. The number of carbonyl (C=O) groups is 2. The molecule has 184 valence electrons. The van der Waals surface area contributed by atoms with Gasteiger partial charge in [0.1, 0.15) is 0 Å². The van der Waals surface area contributed by atoms with Crippen LogP contribution in [0.25, 0.3) is 5.57 Å². The Hall–Kier alpha value is -3.37. The van der Waals surface area contributed by atoms with Gasteiger partial charge in [-0.2, -0.15) is 0 Å². The Morgan fingerprint density at radius 1 is 0.917 bits per heavy atom. The molecular weight excluding hydrogens is 468 g/mol. The lowest BCUT2D eigenvalue weighted by molar-refractivity contribution is -0.118. The number of nitrogens with zero attached hydrogens (tertiary/aromatic N) is 2. The molecule has 0 unspecified atom stereocenters. The van der Waals surface area contributed by atoms with Crippen molar-refractivity contribution >= 4 is 34.7 Å². The summed E-state index contributed by atoms with van der Waals surface area (Å²) < 4.78 is 0. The van der Waals surface area contributed by atoms with Crippen LogP contribution in [0.15, 0.2) is 72.3 Å². The van der Waals surface area contributed by atoms with Crippen LogP contribution in [-0.2, 0) is 24.2 Å². The molecule has 0 saturated heterocycles. The SMILES string of the molecule is Cc1cc2cc(c1)CN(C(=O)N(C)c1ccc(Cl)cc1)CC(=O)CC1=C(CCC2)Cc2ccccc21. The van der Waals surface area contributed by atoms with Gasteiger partial charge in [0.15, 0.2) is 5.78 Å². The van der Waals surface area contributed by atoms with E-state index in [0.717, 1.165) is 42.5 Å². The Labute approximate surface area is 218 Å². The maximum absolute atomic E-state index is 13.7. The molecule has 1 aliphatic heterocycles. The lowest BCUT2D eigenvalue weighted by Crippen LogP contribution is -2.43. The van der Waals surface area contributed by atoms with Gasteiger partial charge in [0.2, 0.25) is 0 Å². The number of Topliss-reactive ketones (excluding diaryl/α,β-unsaturated/α-hetero) is 1. The number of benzene rings is 3. The number of urea groups is 1. The quantitative estimate of drug-likeness (QED) is 0.362. The Balaban J connectivity index is 1.49. The number of allylic oxidation sites excluding steroid dienone is 2. The van der Waals surface area contributed by atoms with Gasteiger partial charge in [0.25, 0.3) is 0 Å². The molecule has 5 heteroatoms. The van der Waals surface area contributed by atoms with Gasteiger partial charge < -0.3 is 4.90 Å². The Morgan fingerprint density at radius 3 is 2.47 bits per heavy atom. The van der Waals surface area contributed by atoms with Crippen LogP contribution in [0.1, 0.15) is 47.1 Å². The third-order valence-electron chi connectivity index (χ3n) is 7.20. The molecule has 1 aliphatic carbocycles. The first-order chi connectivity index (χ1) is 17.4. The van der Waals surface area contributed by atoms with Crippen LogP contribution in [0.5, 0.6) is 0 Å². The van der Waals surface area contributed by atoms with Crippen molar-refractivity contribution < 1.29 is 9.59 Å².